The highest BCUT2D eigenvalue weighted by Gasteiger charge is 2.09. The maximum absolute atomic E-state index is 11.4. The molecule has 0 aliphatic carbocycles. The Labute approximate surface area is 109 Å². The fourth-order valence-electron chi connectivity index (χ4n) is 1.66. The Kier molecular flexibility index (Phi) is 3.79. The van der Waals surface area contributed by atoms with Gasteiger partial charge in [-0.1, -0.05) is 6.07 Å². The third-order valence-corrected chi connectivity index (χ3v) is 2.58. The summed E-state index contributed by atoms with van der Waals surface area (Å²) in [6.45, 7) is 2.10. The molecule has 1 heterocycles. The van der Waals surface area contributed by atoms with Crippen LogP contribution in [0.3, 0.4) is 0 Å². The molecule has 1 N–H and O–H groups in total. The van der Waals surface area contributed by atoms with Crippen LogP contribution in [0.1, 0.15) is 17.9 Å². The number of fused-ring (bicyclic) bond motifs is 1. The Bertz CT molecular complexity index is 618. The van der Waals surface area contributed by atoms with Crippen molar-refractivity contribution in [1.29, 1.82) is 0 Å². The summed E-state index contributed by atoms with van der Waals surface area (Å²) >= 11 is 0. The fraction of sp³-hybridized carbons (Fsp3) is 0.308. The fourth-order valence-corrected chi connectivity index (χ4v) is 1.66. The number of esters is 1. The van der Waals surface area contributed by atoms with Gasteiger partial charge in [-0.25, -0.2) is 4.98 Å². The summed E-state index contributed by atoms with van der Waals surface area (Å²) in [5.41, 5.74) is 2.33. The molecule has 0 saturated carbocycles. The summed E-state index contributed by atoms with van der Waals surface area (Å²) < 4.78 is 9.81. The van der Waals surface area contributed by atoms with Crippen molar-refractivity contribution in [3.05, 3.63) is 29.7 Å². The van der Waals surface area contributed by atoms with Crippen LogP contribution in [0.25, 0.3) is 11.1 Å². The van der Waals surface area contributed by atoms with Gasteiger partial charge in [-0.3, -0.25) is 9.59 Å². The molecule has 0 aliphatic rings. The Morgan fingerprint density at radius 2 is 2.21 bits per heavy atom. The standard InChI is InChI=1S/C13H14N2O4/c1-8-15-10-4-3-9(5-11(10)19-8)7-14-12(16)6-13(17)18-2/h3-5H,6-7H2,1-2H3,(H,14,16). The minimum atomic E-state index is -0.557. The normalized spacial score (nSPS) is 10.4. The van der Waals surface area contributed by atoms with Crippen molar-refractivity contribution in [2.75, 3.05) is 7.11 Å². The van der Waals surface area contributed by atoms with E-state index in [1.165, 1.54) is 7.11 Å². The van der Waals surface area contributed by atoms with Crippen LogP contribution in [0.2, 0.25) is 0 Å². The number of nitrogens with zero attached hydrogens (tertiary/aromatic N) is 1. The molecule has 0 atom stereocenters. The van der Waals surface area contributed by atoms with Crippen molar-refractivity contribution in [3.63, 3.8) is 0 Å². The van der Waals surface area contributed by atoms with Gasteiger partial charge in [-0.2, -0.15) is 0 Å². The van der Waals surface area contributed by atoms with Gasteiger partial charge in [0.25, 0.3) is 0 Å². The Balaban J connectivity index is 1.97. The highest BCUT2D eigenvalue weighted by atomic mass is 16.5. The van der Waals surface area contributed by atoms with E-state index in [9.17, 15) is 9.59 Å². The summed E-state index contributed by atoms with van der Waals surface area (Å²) in [5, 5.41) is 2.63. The van der Waals surface area contributed by atoms with Gasteiger partial charge in [-0.05, 0) is 17.7 Å². The molecular formula is C13H14N2O4. The maximum atomic E-state index is 11.4. The van der Waals surface area contributed by atoms with Crippen LogP contribution in [0.4, 0.5) is 0 Å². The highest BCUT2D eigenvalue weighted by molar-refractivity contribution is 5.94. The highest BCUT2D eigenvalue weighted by Crippen LogP contribution is 2.16. The lowest BCUT2D eigenvalue weighted by Gasteiger charge is -2.04. The second kappa shape index (κ2) is 5.51. The molecule has 19 heavy (non-hydrogen) atoms. The number of aryl methyl sites for hydroxylation is 1. The number of carbonyl (C=O) groups is 2. The van der Waals surface area contributed by atoms with Crippen LogP contribution in [0, 0.1) is 6.92 Å². The molecule has 0 fully saturated rings. The number of benzene rings is 1. The third-order valence-electron chi connectivity index (χ3n) is 2.58. The lowest BCUT2D eigenvalue weighted by molar-refractivity contribution is -0.143. The van der Waals surface area contributed by atoms with Gasteiger partial charge < -0.3 is 14.5 Å². The Hall–Kier alpha value is -2.37. The molecule has 0 saturated heterocycles. The van der Waals surface area contributed by atoms with Gasteiger partial charge in [-0.15, -0.1) is 0 Å². The zero-order valence-electron chi connectivity index (χ0n) is 10.7. The van der Waals surface area contributed by atoms with Crippen molar-refractivity contribution in [2.45, 2.75) is 19.9 Å². The largest absolute Gasteiger partial charge is 0.469 e. The van der Waals surface area contributed by atoms with Crippen LogP contribution in [-0.2, 0) is 20.9 Å². The van der Waals surface area contributed by atoms with Crippen LogP contribution in [0.5, 0.6) is 0 Å². The molecule has 6 heteroatoms. The van der Waals surface area contributed by atoms with Crippen molar-refractivity contribution in [2.24, 2.45) is 0 Å². The van der Waals surface area contributed by atoms with Gasteiger partial charge in [0.1, 0.15) is 11.9 Å². The van der Waals surface area contributed by atoms with Crippen molar-refractivity contribution in [1.82, 2.24) is 10.3 Å². The van der Waals surface area contributed by atoms with E-state index in [0.29, 0.717) is 18.0 Å². The lowest BCUT2D eigenvalue weighted by Crippen LogP contribution is -2.25. The molecule has 0 aliphatic heterocycles. The predicted molar refractivity (Wildman–Crippen MR) is 67.2 cm³/mol. The van der Waals surface area contributed by atoms with Gasteiger partial charge in [0.05, 0.1) is 7.11 Å². The van der Waals surface area contributed by atoms with Crippen molar-refractivity contribution in [3.8, 4) is 0 Å². The molecule has 1 aromatic carbocycles. The third kappa shape index (κ3) is 3.31. The number of amides is 1. The first kappa shape index (κ1) is 13.1. The second-order valence-corrected chi connectivity index (χ2v) is 4.06. The number of ether oxygens (including phenoxy) is 1. The van der Waals surface area contributed by atoms with Gasteiger partial charge >= 0.3 is 5.97 Å². The van der Waals surface area contributed by atoms with Crippen LogP contribution >= 0.6 is 0 Å². The van der Waals surface area contributed by atoms with E-state index in [1.54, 1.807) is 6.92 Å². The number of hydrogen-bond donors (Lipinski definition) is 1. The molecule has 1 amide bonds. The van der Waals surface area contributed by atoms with Gasteiger partial charge in [0.2, 0.25) is 5.91 Å². The average Bonchev–Trinajstić information content (AvgIpc) is 2.75. The van der Waals surface area contributed by atoms with E-state index < -0.39 is 5.97 Å². The minimum absolute atomic E-state index is 0.278. The first-order valence-electron chi connectivity index (χ1n) is 5.78. The zero-order valence-corrected chi connectivity index (χ0v) is 10.7. The molecule has 100 valence electrons. The molecule has 0 bridgehead atoms. The van der Waals surface area contributed by atoms with Crippen molar-refractivity contribution >= 4 is 23.0 Å². The van der Waals surface area contributed by atoms with E-state index >= 15 is 0 Å². The summed E-state index contributed by atoms with van der Waals surface area (Å²) in [5.74, 6) is -0.332. The number of rotatable bonds is 4. The molecule has 2 rings (SSSR count). The quantitative estimate of drug-likeness (QED) is 0.663. The van der Waals surface area contributed by atoms with E-state index in [1.807, 2.05) is 18.2 Å². The summed E-state index contributed by atoms with van der Waals surface area (Å²) in [6, 6.07) is 5.49. The lowest BCUT2D eigenvalue weighted by atomic mass is 10.2. The SMILES string of the molecule is COC(=O)CC(=O)NCc1ccc2nc(C)oc2c1. The van der Waals surface area contributed by atoms with E-state index in [0.717, 1.165) is 11.1 Å². The van der Waals surface area contributed by atoms with Crippen LogP contribution < -0.4 is 5.32 Å². The summed E-state index contributed by atoms with van der Waals surface area (Å²) in [7, 11) is 1.25. The first-order chi connectivity index (χ1) is 9.08. The number of aromatic nitrogens is 1. The molecule has 0 unspecified atom stereocenters. The number of hydrogen-bond acceptors (Lipinski definition) is 5. The Morgan fingerprint density at radius 3 is 2.95 bits per heavy atom. The van der Waals surface area contributed by atoms with Crippen LogP contribution in [0.15, 0.2) is 22.6 Å². The Morgan fingerprint density at radius 1 is 1.42 bits per heavy atom. The molecule has 6 nitrogen and oxygen atoms in total. The van der Waals surface area contributed by atoms with E-state index in [-0.39, 0.29) is 12.3 Å². The van der Waals surface area contributed by atoms with Gasteiger partial charge in [0, 0.05) is 13.5 Å². The number of oxazole rings is 1. The van der Waals surface area contributed by atoms with Gasteiger partial charge in [0.15, 0.2) is 11.5 Å². The van der Waals surface area contributed by atoms with Crippen molar-refractivity contribution < 1.29 is 18.7 Å². The second-order valence-electron chi connectivity index (χ2n) is 4.06. The molecule has 0 radical (unpaired) electrons. The molecular weight excluding hydrogens is 248 g/mol. The molecule has 1 aromatic heterocycles. The maximum Gasteiger partial charge on any atom is 0.315 e. The predicted octanol–water partition coefficient (Wildman–Crippen LogP) is 1.32. The number of methoxy groups -OCH3 is 1. The monoisotopic (exact) mass is 262 g/mol. The van der Waals surface area contributed by atoms with Crippen LogP contribution in [-0.4, -0.2) is 24.0 Å². The van der Waals surface area contributed by atoms with E-state index in [2.05, 4.69) is 15.0 Å². The topological polar surface area (TPSA) is 81.4 Å². The number of nitrogens with one attached hydrogen (secondary N) is 1. The summed E-state index contributed by atoms with van der Waals surface area (Å²) in [4.78, 5) is 26.5. The van der Waals surface area contributed by atoms with E-state index in [4.69, 9.17) is 4.42 Å². The zero-order chi connectivity index (χ0) is 13.8. The smallest absolute Gasteiger partial charge is 0.315 e. The molecule has 2 aromatic rings. The minimum Gasteiger partial charge on any atom is -0.469 e. The number of carbonyl (C=O) groups excluding carboxylic acids is 2. The first-order valence-corrected chi connectivity index (χ1v) is 5.78. The molecule has 0 spiro atoms. The average molecular weight is 262 g/mol. The summed E-state index contributed by atoms with van der Waals surface area (Å²) in [6.07, 6.45) is -0.278.